The molecule has 1 aromatic rings. The van der Waals surface area contributed by atoms with Gasteiger partial charge in [-0.2, -0.15) is 5.10 Å². The van der Waals surface area contributed by atoms with Gasteiger partial charge in [0.15, 0.2) is 0 Å². The molecule has 1 heterocycles. The summed E-state index contributed by atoms with van der Waals surface area (Å²) < 4.78 is 8.37. The van der Waals surface area contributed by atoms with E-state index in [1.54, 1.807) is 6.20 Å². The number of hydrogen-bond donors (Lipinski definition) is 1. The van der Waals surface area contributed by atoms with Gasteiger partial charge in [0.25, 0.3) is 0 Å². The Balaban J connectivity index is 1.88. The molecule has 0 bridgehead atoms. The second-order valence-electron chi connectivity index (χ2n) is 3.64. The van der Waals surface area contributed by atoms with Crippen molar-refractivity contribution in [1.29, 1.82) is 0 Å². The molecule has 0 fully saturated rings. The molecule has 0 aliphatic rings. The Labute approximate surface area is 105 Å². The first-order valence-electron chi connectivity index (χ1n) is 5.79. The molecule has 1 N–H and O–H groups in total. The van der Waals surface area contributed by atoms with E-state index in [0.717, 1.165) is 43.7 Å². The summed E-state index contributed by atoms with van der Waals surface area (Å²) in [6.07, 6.45) is 6.12. The molecule has 0 aliphatic carbocycles. The van der Waals surface area contributed by atoms with E-state index in [2.05, 4.69) is 33.3 Å². The fourth-order valence-corrected chi connectivity index (χ4v) is 1.60. The van der Waals surface area contributed by atoms with E-state index in [1.165, 1.54) is 6.42 Å². The highest BCUT2D eigenvalue weighted by molar-refractivity contribution is 9.10. The van der Waals surface area contributed by atoms with Gasteiger partial charge < -0.3 is 10.1 Å². The maximum atomic E-state index is 5.44. The quantitative estimate of drug-likeness (QED) is 0.708. The van der Waals surface area contributed by atoms with E-state index in [1.807, 2.05) is 10.9 Å². The Morgan fingerprint density at radius 3 is 3.00 bits per heavy atom. The number of unbranched alkanes of at least 4 members (excludes halogenated alkanes) is 1. The van der Waals surface area contributed by atoms with Crippen LogP contribution < -0.4 is 5.32 Å². The van der Waals surface area contributed by atoms with E-state index >= 15 is 0 Å². The van der Waals surface area contributed by atoms with Crippen LogP contribution in [0.3, 0.4) is 0 Å². The maximum absolute atomic E-state index is 5.44. The fraction of sp³-hybridized carbons (Fsp3) is 0.727. The molecule has 1 aromatic heterocycles. The second-order valence-corrected chi connectivity index (χ2v) is 4.55. The van der Waals surface area contributed by atoms with Gasteiger partial charge in [-0.25, -0.2) is 0 Å². The van der Waals surface area contributed by atoms with Gasteiger partial charge in [-0.3, -0.25) is 4.68 Å². The fourth-order valence-electron chi connectivity index (χ4n) is 1.27. The van der Waals surface area contributed by atoms with Gasteiger partial charge in [0.05, 0.1) is 23.8 Å². The third kappa shape index (κ3) is 6.25. The molecule has 0 saturated heterocycles. The van der Waals surface area contributed by atoms with Crippen molar-refractivity contribution in [3.05, 3.63) is 16.9 Å². The lowest BCUT2D eigenvalue weighted by Gasteiger charge is -2.05. The summed E-state index contributed by atoms with van der Waals surface area (Å²) in [7, 11) is 0. The summed E-state index contributed by atoms with van der Waals surface area (Å²) in [5.41, 5.74) is 0. The largest absolute Gasteiger partial charge is 0.380 e. The first kappa shape index (κ1) is 13.7. The molecule has 5 heteroatoms. The summed E-state index contributed by atoms with van der Waals surface area (Å²) >= 11 is 3.37. The van der Waals surface area contributed by atoms with E-state index < -0.39 is 0 Å². The molecule has 0 amide bonds. The van der Waals surface area contributed by atoms with Crippen LogP contribution in [-0.4, -0.2) is 36.1 Å². The molecule has 0 atom stereocenters. The lowest BCUT2D eigenvalue weighted by molar-refractivity contribution is 0.133. The highest BCUT2D eigenvalue weighted by Gasteiger charge is 1.94. The van der Waals surface area contributed by atoms with Crippen LogP contribution in [0.2, 0.25) is 0 Å². The Morgan fingerprint density at radius 1 is 1.44 bits per heavy atom. The van der Waals surface area contributed by atoms with Gasteiger partial charge in [0.2, 0.25) is 0 Å². The molecule has 0 unspecified atom stereocenters. The number of hydrogen-bond acceptors (Lipinski definition) is 3. The zero-order chi connectivity index (χ0) is 11.6. The SMILES string of the molecule is CCCCOCCNCCn1cc(Br)cn1. The topological polar surface area (TPSA) is 39.1 Å². The van der Waals surface area contributed by atoms with Crippen LogP contribution in [0.4, 0.5) is 0 Å². The zero-order valence-corrected chi connectivity index (χ0v) is 11.4. The molecule has 0 aromatic carbocycles. The molecule has 1 rings (SSSR count). The smallest absolute Gasteiger partial charge is 0.0632 e. The average molecular weight is 290 g/mol. The van der Waals surface area contributed by atoms with Crippen molar-refractivity contribution in [2.24, 2.45) is 0 Å². The lowest BCUT2D eigenvalue weighted by Crippen LogP contribution is -2.24. The molecule has 0 aliphatic heterocycles. The number of ether oxygens (including phenoxy) is 1. The van der Waals surface area contributed by atoms with Crippen molar-refractivity contribution in [2.75, 3.05) is 26.3 Å². The van der Waals surface area contributed by atoms with Gasteiger partial charge in [-0.1, -0.05) is 13.3 Å². The molecule has 0 spiro atoms. The van der Waals surface area contributed by atoms with E-state index in [9.17, 15) is 0 Å². The number of aromatic nitrogens is 2. The monoisotopic (exact) mass is 289 g/mol. The summed E-state index contributed by atoms with van der Waals surface area (Å²) in [5, 5.41) is 7.49. The highest BCUT2D eigenvalue weighted by Crippen LogP contribution is 2.05. The summed E-state index contributed by atoms with van der Waals surface area (Å²) in [6, 6.07) is 0. The first-order chi connectivity index (χ1) is 7.83. The van der Waals surface area contributed by atoms with E-state index in [0.29, 0.717) is 0 Å². The Kier molecular flexibility index (Phi) is 7.46. The number of nitrogens with zero attached hydrogens (tertiary/aromatic N) is 2. The summed E-state index contributed by atoms with van der Waals surface area (Å²) in [4.78, 5) is 0. The minimum atomic E-state index is 0.794. The first-order valence-corrected chi connectivity index (χ1v) is 6.58. The molecular formula is C11H20BrN3O. The minimum absolute atomic E-state index is 0.794. The van der Waals surface area contributed by atoms with Crippen LogP contribution in [0.5, 0.6) is 0 Å². The summed E-state index contributed by atoms with van der Waals surface area (Å²) in [5.74, 6) is 0. The van der Waals surface area contributed by atoms with Gasteiger partial charge >= 0.3 is 0 Å². The third-order valence-electron chi connectivity index (χ3n) is 2.18. The van der Waals surface area contributed by atoms with Crippen molar-refractivity contribution in [2.45, 2.75) is 26.3 Å². The normalized spacial score (nSPS) is 10.9. The van der Waals surface area contributed by atoms with Gasteiger partial charge in [-0.15, -0.1) is 0 Å². The third-order valence-corrected chi connectivity index (χ3v) is 2.59. The van der Waals surface area contributed by atoms with Crippen molar-refractivity contribution < 1.29 is 4.74 Å². The number of halogens is 1. The van der Waals surface area contributed by atoms with Gasteiger partial charge in [0, 0.05) is 25.9 Å². The molecule has 92 valence electrons. The van der Waals surface area contributed by atoms with Crippen LogP contribution in [-0.2, 0) is 11.3 Å². The Hall–Kier alpha value is -0.390. The van der Waals surface area contributed by atoms with Crippen LogP contribution in [0.15, 0.2) is 16.9 Å². The second kappa shape index (κ2) is 8.73. The average Bonchev–Trinajstić information content (AvgIpc) is 2.68. The minimum Gasteiger partial charge on any atom is -0.380 e. The highest BCUT2D eigenvalue weighted by atomic mass is 79.9. The van der Waals surface area contributed by atoms with E-state index in [4.69, 9.17) is 4.74 Å². The van der Waals surface area contributed by atoms with Gasteiger partial charge in [0.1, 0.15) is 0 Å². The van der Waals surface area contributed by atoms with Crippen molar-refractivity contribution in [1.82, 2.24) is 15.1 Å². The Morgan fingerprint density at radius 2 is 2.31 bits per heavy atom. The van der Waals surface area contributed by atoms with E-state index in [-0.39, 0.29) is 0 Å². The number of rotatable bonds is 9. The zero-order valence-electron chi connectivity index (χ0n) is 9.79. The molecule has 0 radical (unpaired) electrons. The maximum Gasteiger partial charge on any atom is 0.0632 e. The summed E-state index contributed by atoms with van der Waals surface area (Å²) in [6.45, 7) is 6.56. The molecule has 16 heavy (non-hydrogen) atoms. The van der Waals surface area contributed by atoms with Crippen molar-refractivity contribution in [3.63, 3.8) is 0 Å². The molecule has 4 nitrogen and oxygen atoms in total. The van der Waals surface area contributed by atoms with Crippen LogP contribution in [0.25, 0.3) is 0 Å². The standard InChI is InChI=1S/C11H20BrN3O/c1-2-3-7-16-8-5-13-4-6-15-10-11(12)9-14-15/h9-10,13H,2-8H2,1H3. The van der Waals surface area contributed by atoms with Crippen LogP contribution in [0, 0.1) is 0 Å². The number of nitrogens with one attached hydrogen (secondary N) is 1. The predicted octanol–water partition coefficient (Wildman–Crippen LogP) is 2.05. The van der Waals surface area contributed by atoms with Crippen LogP contribution >= 0.6 is 15.9 Å². The predicted molar refractivity (Wildman–Crippen MR) is 68.5 cm³/mol. The lowest BCUT2D eigenvalue weighted by atomic mass is 10.4. The van der Waals surface area contributed by atoms with Crippen molar-refractivity contribution >= 4 is 15.9 Å². The Bertz CT molecular complexity index is 278. The molecular weight excluding hydrogens is 270 g/mol. The molecule has 0 saturated carbocycles. The van der Waals surface area contributed by atoms with Crippen molar-refractivity contribution in [3.8, 4) is 0 Å². The van der Waals surface area contributed by atoms with Crippen LogP contribution in [0.1, 0.15) is 19.8 Å². The van der Waals surface area contributed by atoms with Gasteiger partial charge in [-0.05, 0) is 22.4 Å².